The van der Waals surface area contributed by atoms with Crippen molar-refractivity contribution in [1.82, 2.24) is 0 Å². The zero-order chi connectivity index (χ0) is 8.97. The van der Waals surface area contributed by atoms with Crippen LogP contribution in [0.2, 0.25) is 0 Å². The van der Waals surface area contributed by atoms with Gasteiger partial charge < -0.3 is 15.2 Å². The van der Waals surface area contributed by atoms with E-state index in [1.807, 2.05) is 13.0 Å². The van der Waals surface area contributed by atoms with Gasteiger partial charge in [-0.2, -0.15) is 0 Å². The van der Waals surface area contributed by atoms with E-state index < -0.39 is 0 Å². The van der Waals surface area contributed by atoms with Gasteiger partial charge in [-0.3, -0.25) is 0 Å². The van der Waals surface area contributed by atoms with E-state index in [9.17, 15) is 4.79 Å². The molecule has 3 nitrogen and oxygen atoms in total. The second-order valence-corrected chi connectivity index (χ2v) is 2.60. The van der Waals surface area contributed by atoms with Crippen molar-refractivity contribution >= 4 is 12.0 Å². The van der Waals surface area contributed by atoms with E-state index in [1.54, 1.807) is 12.1 Å². The molecule has 0 aliphatic heterocycles. The molecule has 0 saturated carbocycles. The second-order valence-electron chi connectivity index (χ2n) is 2.60. The van der Waals surface area contributed by atoms with Gasteiger partial charge in [0.2, 0.25) is 0 Å². The number of phenols is 1. The summed E-state index contributed by atoms with van der Waals surface area (Å²) in [5.74, 6) is 0.211. The molecule has 1 rings (SSSR count). The molecule has 0 spiro atoms. The summed E-state index contributed by atoms with van der Waals surface area (Å²) in [6, 6.07) is 5.10. The minimum atomic E-state index is 0.211. The fourth-order valence-corrected chi connectivity index (χ4v) is 1.02. The molecule has 3 heteroatoms. The lowest BCUT2D eigenvalue weighted by Gasteiger charge is -2.03. The van der Waals surface area contributed by atoms with Crippen LogP contribution in [0.15, 0.2) is 18.2 Å². The maximum atomic E-state index is 10.0. The van der Waals surface area contributed by atoms with E-state index in [-0.39, 0.29) is 12.3 Å². The molecule has 0 bridgehead atoms. The van der Waals surface area contributed by atoms with E-state index in [0.29, 0.717) is 0 Å². The largest absolute Gasteiger partial charge is 0.508 e. The van der Waals surface area contributed by atoms with Crippen molar-refractivity contribution in [3.05, 3.63) is 23.8 Å². The first kappa shape index (κ1) is 8.59. The SMILES string of the molecule is Cc1cc(O)cc(NCC=O)c1. The number of hydrogen-bond acceptors (Lipinski definition) is 3. The molecule has 0 radical (unpaired) electrons. The highest BCUT2D eigenvalue weighted by Gasteiger charge is 1.95. The fraction of sp³-hybridized carbons (Fsp3) is 0.222. The van der Waals surface area contributed by atoms with E-state index in [0.717, 1.165) is 17.5 Å². The van der Waals surface area contributed by atoms with Crippen molar-refractivity contribution in [2.24, 2.45) is 0 Å². The summed E-state index contributed by atoms with van der Waals surface area (Å²) >= 11 is 0. The molecule has 0 aliphatic carbocycles. The van der Waals surface area contributed by atoms with E-state index in [4.69, 9.17) is 5.11 Å². The van der Waals surface area contributed by atoms with Crippen LogP contribution in [0.1, 0.15) is 5.56 Å². The summed E-state index contributed by atoms with van der Waals surface area (Å²) in [5.41, 5.74) is 1.72. The van der Waals surface area contributed by atoms with Crippen LogP contribution in [0.25, 0.3) is 0 Å². The molecule has 0 amide bonds. The number of carbonyl (C=O) groups is 1. The molecule has 0 saturated heterocycles. The summed E-state index contributed by atoms with van der Waals surface area (Å²) in [4.78, 5) is 10.0. The molecule has 1 aromatic rings. The van der Waals surface area contributed by atoms with E-state index in [1.165, 1.54) is 0 Å². The van der Waals surface area contributed by atoms with Gasteiger partial charge in [-0.05, 0) is 24.6 Å². The number of phenolic OH excluding ortho intramolecular Hbond substituents is 1. The zero-order valence-corrected chi connectivity index (χ0v) is 6.87. The zero-order valence-electron chi connectivity index (χ0n) is 6.87. The number of aryl methyl sites for hydroxylation is 1. The summed E-state index contributed by atoms with van der Waals surface area (Å²) in [6.07, 6.45) is 0.777. The molecular formula is C9H11NO2. The minimum Gasteiger partial charge on any atom is -0.508 e. The summed E-state index contributed by atoms with van der Waals surface area (Å²) < 4.78 is 0. The van der Waals surface area contributed by atoms with Crippen LogP contribution in [0.3, 0.4) is 0 Å². The summed E-state index contributed by atoms with van der Waals surface area (Å²) in [7, 11) is 0. The van der Waals surface area contributed by atoms with Gasteiger partial charge in [-0.15, -0.1) is 0 Å². The molecule has 0 heterocycles. The Balaban J connectivity index is 2.78. The molecule has 0 aromatic heterocycles. The van der Waals surface area contributed by atoms with Gasteiger partial charge >= 0.3 is 0 Å². The number of nitrogens with one attached hydrogen (secondary N) is 1. The predicted molar refractivity (Wildman–Crippen MR) is 47.4 cm³/mol. The van der Waals surface area contributed by atoms with E-state index >= 15 is 0 Å². The summed E-state index contributed by atoms with van der Waals surface area (Å²) in [6.45, 7) is 2.15. The molecular weight excluding hydrogens is 154 g/mol. The first-order valence-corrected chi connectivity index (χ1v) is 3.70. The molecule has 12 heavy (non-hydrogen) atoms. The maximum absolute atomic E-state index is 10.0. The van der Waals surface area contributed by atoms with Gasteiger partial charge in [-0.1, -0.05) is 0 Å². The van der Waals surface area contributed by atoms with Crippen molar-refractivity contribution in [3.63, 3.8) is 0 Å². The van der Waals surface area contributed by atoms with Crippen LogP contribution in [0, 0.1) is 6.92 Å². The highest BCUT2D eigenvalue weighted by Crippen LogP contribution is 2.18. The topological polar surface area (TPSA) is 49.3 Å². The quantitative estimate of drug-likeness (QED) is 0.664. The second kappa shape index (κ2) is 3.76. The van der Waals surface area contributed by atoms with Crippen LogP contribution in [0.4, 0.5) is 5.69 Å². The fourth-order valence-electron chi connectivity index (χ4n) is 1.02. The third-order valence-corrected chi connectivity index (χ3v) is 1.45. The standard InChI is InChI=1S/C9H11NO2/c1-7-4-8(10-2-3-11)6-9(12)5-7/h3-6,10,12H,2H2,1H3. The van der Waals surface area contributed by atoms with Crippen LogP contribution in [-0.2, 0) is 4.79 Å². The van der Waals surface area contributed by atoms with Crippen molar-refractivity contribution in [2.45, 2.75) is 6.92 Å². The van der Waals surface area contributed by atoms with Crippen molar-refractivity contribution in [1.29, 1.82) is 0 Å². The number of benzene rings is 1. The van der Waals surface area contributed by atoms with Gasteiger partial charge in [0.1, 0.15) is 12.0 Å². The Kier molecular flexibility index (Phi) is 2.69. The molecule has 0 aliphatic rings. The van der Waals surface area contributed by atoms with Crippen molar-refractivity contribution in [2.75, 3.05) is 11.9 Å². The first-order valence-electron chi connectivity index (χ1n) is 3.70. The summed E-state index contributed by atoms with van der Waals surface area (Å²) in [5, 5.41) is 12.0. The number of carbonyl (C=O) groups excluding carboxylic acids is 1. The number of hydrogen-bond donors (Lipinski definition) is 2. The highest BCUT2D eigenvalue weighted by atomic mass is 16.3. The minimum absolute atomic E-state index is 0.211. The van der Waals surface area contributed by atoms with Gasteiger partial charge in [0.05, 0.1) is 6.54 Å². The average Bonchev–Trinajstić information content (AvgIpc) is 1.99. The first-order chi connectivity index (χ1) is 5.72. The van der Waals surface area contributed by atoms with Crippen LogP contribution in [0.5, 0.6) is 5.75 Å². The van der Waals surface area contributed by atoms with Gasteiger partial charge in [0.15, 0.2) is 0 Å². The normalized spacial score (nSPS) is 9.42. The Morgan fingerprint density at radius 1 is 1.50 bits per heavy atom. The van der Waals surface area contributed by atoms with E-state index in [2.05, 4.69) is 5.32 Å². The number of aldehydes is 1. The van der Waals surface area contributed by atoms with Crippen molar-refractivity contribution < 1.29 is 9.90 Å². The smallest absolute Gasteiger partial charge is 0.139 e. The maximum Gasteiger partial charge on any atom is 0.139 e. The molecule has 2 N–H and O–H groups in total. The highest BCUT2D eigenvalue weighted by molar-refractivity contribution is 5.60. The van der Waals surface area contributed by atoms with Gasteiger partial charge in [0.25, 0.3) is 0 Å². The molecule has 0 atom stereocenters. The number of aromatic hydroxyl groups is 1. The molecule has 64 valence electrons. The Labute approximate surface area is 71.0 Å². The van der Waals surface area contributed by atoms with Gasteiger partial charge in [-0.25, -0.2) is 0 Å². The molecule has 1 aromatic carbocycles. The Hall–Kier alpha value is -1.51. The van der Waals surface area contributed by atoms with Crippen LogP contribution < -0.4 is 5.32 Å². The lowest BCUT2D eigenvalue weighted by molar-refractivity contribution is -0.106. The number of rotatable bonds is 3. The van der Waals surface area contributed by atoms with Gasteiger partial charge in [0, 0.05) is 11.8 Å². The third-order valence-electron chi connectivity index (χ3n) is 1.45. The molecule has 0 fully saturated rings. The Morgan fingerprint density at radius 3 is 2.83 bits per heavy atom. The third kappa shape index (κ3) is 2.27. The monoisotopic (exact) mass is 165 g/mol. The van der Waals surface area contributed by atoms with Crippen LogP contribution >= 0.6 is 0 Å². The number of anilines is 1. The average molecular weight is 165 g/mol. The lowest BCUT2D eigenvalue weighted by Crippen LogP contribution is -2.01. The Morgan fingerprint density at radius 2 is 2.25 bits per heavy atom. The predicted octanol–water partition coefficient (Wildman–Crippen LogP) is 1.31. The molecule has 0 unspecified atom stereocenters. The lowest BCUT2D eigenvalue weighted by atomic mass is 10.2. The Bertz CT molecular complexity index is 264. The van der Waals surface area contributed by atoms with Crippen LogP contribution in [-0.4, -0.2) is 17.9 Å². The van der Waals surface area contributed by atoms with Crippen molar-refractivity contribution in [3.8, 4) is 5.75 Å².